The number of rotatable bonds is 11. The minimum Gasteiger partial charge on any atom is -0.493 e. The Morgan fingerprint density at radius 1 is 1.00 bits per heavy atom. The van der Waals surface area contributed by atoms with Gasteiger partial charge in [-0.2, -0.15) is 4.31 Å². The molecular weight excluding hydrogens is 474 g/mol. The smallest absolute Gasteiger partial charge is 0.257 e. The summed E-state index contributed by atoms with van der Waals surface area (Å²) in [6, 6.07) is 11.4. The molecule has 0 saturated heterocycles. The number of hydrogen-bond donors (Lipinski definition) is 1. The largest absolute Gasteiger partial charge is 0.493 e. The molecule has 3 rings (SSSR count). The number of carbonyl (C=O) groups excluding carboxylic acids is 1. The zero-order valence-electron chi connectivity index (χ0n) is 19.7. The summed E-state index contributed by atoms with van der Waals surface area (Å²) in [5.74, 6) is 0.842. The molecule has 0 aliphatic rings. The van der Waals surface area contributed by atoms with E-state index in [9.17, 15) is 13.2 Å². The maximum Gasteiger partial charge on any atom is 0.257 e. The first kappa shape index (κ1) is 25.7. The van der Waals surface area contributed by atoms with Gasteiger partial charge in [0.1, 0.15) is 0 Å². The molecule has 1 aromatic heterocycles. The van der Waals surface area contributed by atoms with Crippen molar-refractivity contribution in [2.75, 3.05) is 32.6 Å². The van der Waals surface area contributed by atoms with Gasteiger partial charge in [0.25, 0.3) is 5.91 Å². The summed E-state index contributed by atoms with van der Waals surface area (Å²) in [7, 11) is -0.455. The molecule has 1 N–H and O–H groups in total. The second-order valence-electron chi connectivity index (χ2n) is 7.49. The predicted octanol–water partition coefficient (Wildman–Crippen LogP) is 4.89. The number of nitrogens with zero attached hydrogens (tertiary/aromatic N) is 2. The lowest BCUT2D eigenvalue weighted by Gasteiger charge is -2.21. The molecule has 0 spiro atoms. The highest BCUT2D eigenvalue weighted by Gasteiger charge is 2.23. The summed E-state index contributed by atoms with van der Waals surface area (Å²) in [5.41, 5.74) is 1.86. The highest BCUT2D eigenvalue weighted by Crippen LogP contribution is 2.33. The SMILES string of the molecule is CCCN(CCC)S(=O)(=O)c1ccc(C(=O)Nc2nc(-c3ccc(OC)c(OC)c3)cs2)cc1. The molecule has 10 heteroatoms. The van der Waals surface area contributed by atoms with Gasteiger partial charge in [0.05, 0.1) is 24.8 Å². The third-order valence-corrected chi connectivity index (χ3v) is 7.77. The molecule has 0 aliphatic heterocycles. The molecular formula is C24H29N3O5S2. The lowest BCUT2D eigenvalue weighted by molar-refractivity contribution is 0.102. The zero-order chi connectivity index (χ0) is 24.7. The van der Waals surface area contributed by atoms with Crippen LogP contribution in [0.2, 0.25) is 0 Å². The van der Waals surface area contributed by atoms with Gasteiger partial charge in [-0.25, -0.2) is 13.4 Å². The van der Waals surface area contributed by atoms with E-state index in [1.807, 2.05) is 31.4 Å². The highest BCUT2D eigenvalue weighted by molar-refractivity contribution is 7.89. The number of amides is 1. The fourth-order valence-electron chi connectivity index (χ4n) is 3.41. The maximum absolute atomic E-state index is 12.9. The average Bonchev–Trinajstić information content (AvgIpc) is 3.31. The number of methoxy groups -OCH3 is 2. The van der Waals surface area contributed by atoms with Crippen molar-refractivity contribution in [1.29, 1.82) is 0 Å². The van der Waals surface area contributed by atoms with Gasteiger partial charge in [-0.05, 0) is 55.3 Å². The van der Waals surface area contributed by atoms with Gasteiger partial charge in [-0.1, -0.05) is 13.8 Å². The first-order chi connectivity index (χ1) is 16.3. The summed E-state index contributed by atoms with van der Waals surface area (Å²) in [5, 5.41) is 5.04. The Labute approximate surface area is 204 Å². The number of thiazole rings is 1. The van der Waals surface area contributed by atoms with Crippen LogP contribution in [0.4, 0.5) is 5.13 Å². The first-order valence-corrected chi connectivity index (χ1v) is 13.3. The van der Waals surface area contributed by atoms with Crippen molar-refractivity contribution in [3.63, 3.8) is 0 Å². The number of carbonyl (C=O) groups is 1. The standard InChI is InChI=1S/C24H29N3O5S2/c1-5-13-27(14-6-2)34(29,30)19-10-7-17(8-11-19)23(28)26-24-25-20(16-33-24)18-9-12-21(31-3)22(15-18)32-4/h7-12,15-16H,5-6,13-14H2,1-4H3,(H,25,26,28). The van der Waals surface area contributed by atoms with E-state index in [0.717, 1.165) is 18.4 Å². The minimum absolute atomic E-state index is 0.177. The Morgan fingerprint density at radius 2 is 1.65 bits per heavy atom. The summed E-state index contributed by atoms with van der Waals surface area (Å²) >= 11 is 1.30. The van der Waals surface area contributed by atoms with Gasteiger partial charge >= 0.3 is 0 Å². The lowest BCUT2D eigenvalue weighted by Crippen LogP contribution is -2.32. The third-order valence-electron chi connectivity index (χ3n) is 5.10. The van der Waals surface area contributed by atoms with Crippen LogP contribution in [0.25, 0.3) is 11.3 Å². The number of aromatic nitrogens is 1. The van der Waals surface area contributed by atoms with Gasteiger partial charge < -0.3 is 9.47 Å². The van der Waals surface area contributed by atoms with Crippen molar-refractivity contribution in [2.45, 2.75) is 31.6 Å². The van der Waals surface area contributed by atoms with Crippen LogP contribution in [0.3, 0.4) is 0 Å². The van der Waals surface area contributed by atoms with Crippen LogP contribution in [0.5, 0.6) is 11.5 Å². The zero-order valence-corrected chi connectivity index (χ0v) is 21.3. The highest BCUT2D eigenvalue weighted by atomic mass is 32.2. The summed E-state index contributed by atoms with van der Waals surface area (Å²) < 4.78 is 37.9. The molecule has 1 amide bonds. The lowest BCUT2D eigenvalue weighted by atomic mass is 10.1. The van der Waals surface area contributed by atoms with Crippen molar-refractivity contribution in [2.24, 2.45) is 0 Å². The van der Waals surface area contributed by atoms with E-state index in [2.05, 4.69) is 10.3 Å². The summed E-state index contributed by atoms with van der Waals surface area (Å²) in [6.45, 7) is 4.82. The van der Waals surface area contributed by atoms with Gasteiger partial charge in [-0.15, -0.1) is 11.3 Å². The molecule has 34 heavy (non-hydrogen) atoms. The average molecular weight is 504 g/mol. The van der Waals surface area contributed by atoms with Crippen LogP contribution in [0.15, 0.2) is 52.7 Å². The van der Waals surface area contributed by atoms with E-state index >= 15 is 0 Å². The Hall–Kier alpha value is -2.95. The predicted molar refractivity (Wildman–Crippen MR) is 134 cm³/mol. The van der Waals surface area contributed by atoms with Gasteiger partial charge in [0.15, 0.2) is 16.6 Å². The molecule has 182 valence electrons. The van der Waals surface area contributed by atoms with Crippen molar-refractivity contribution in [3.8, 4) is 22.8 Å². The Balaban J connectivity index is 1.73. The molecule has 0 saturated carbocycles. The second kappa shape index (κ2) is 11.5. The van der Waals surface area contributed by atoms with Crippen LogP contribution in [0, 0.1) is 0 Å². The van der Waals surface area contributed by atoms with Gasteiger partial charge in [-0.3, -0.25) is 10.1 Å². The Morgan fingerprint density at radius 3 is 2.24 bits per heavy atom. The van der Waals surface area contributed by atoms with Crippen LogP contribution < -0.4 is 14.8 Å². The molecule has 0 unspecified atom stereocenters. The normalized spacial score (nSPS) is 11.4. The second-order valence-corrected chi connectivity index (χ2v) is 10.3. The molecule has 0 fully saturated rings. The summed E-state index contributed by atoms with van der Waals surface area (Å²) in [4.78, 5) is 17.4. The van der Waals surface area contributed by atoms with Gasteiger partial charge in [0, 0.05) is 29.6 Å². The van der Waals surface area contributed by atoms with E-state index in [1.165, 1.54) is 39.9 Å². The Bertz CT molecular complexity index is 1220. The van der Waals surface area contributed by atoms with Gasteiger partial charge in [0.2, 0.25) is 10.0 Å². The number of ether oxygens (including phenoxy) is 2. The topological polar surface area (TPSA) is 97.8 Å². The molecule has 0 atom stereocenters. The summed E-state index contributed by atoms with van der Waals surface area (Å²) in [6.07, 6.45) is 1.47. The number of nitrogens with one attached hydrogen (secondary N) is 1. The maximum atomic E-state index is 12.9. The molecule has 2 aromatic carbocycles. The van der Waals surface area contributed by atoms with Crippen LogP contribution in [-0.2, 0) is 10.0 Å². The number of anilines is 1. The van der Waals surface area contributed by atoms with Crippen molar-refractivity contribution >= 4 is 32.4 Å². The van der Waals surface area contributed by atoms with Crippen LogP contribution >= 0.6 is 11.3 Å². The van der Waals surface area contributed by atoms with Crippen LogP contribution in [0.1, 0.15) is 37.0 Å². The molecule has 0 aliphatic carbocycles. The van der Waals surface area contributed by atoms with E-state index in [1.54, 1.807) is 20.3 Å². The monoisotopic (exact) mass is 503 g/mol. The van der Waals surface area contributed by atoms with Crippen molar-refractivity contribution in [3.05, 3.63) is 53.4 Å². The molecule has 3 aromatic rings. The van der Waals surface area contributed by atoms with E-state index < -0.39 is 10.0 Å². The van der Waals surface area contributed by atoms with E-state index in [0.29, 0.717) is 41.0 Å². The number of sulfonamides is 1. The Kier molecular flexibility index (Phi) is 8.65. The quantitative estimate of drug-likeness (QED) is 0.400. The van der Waals surface area contributed by atoms with E-state index in [-0.39, 0.29) is 10.8 Å². The number of benzene rings is 2. The van der Waals surface area contributed by atoms with Crippen molar-refractivity contribution in [1.82, 2.24) is 9.29 Å². The fourth-order valence-corrected chi connectivity index (χ4v) is 5.75. The molecule has 1 heterocycles. The molecule has 0 bridgehead atoms. The molecule has 8 nitrogen and oxygen atoms in total. The van der Waals surface area contributed by atoms with Crippen LogP contribution in [-0.4, -0.2) is 50.9 Å². The fraction of sp³-hybridized carbons (Fsp3) is 0.333. The third kappa shape index (κ3) is 5.75. The van der Waals surface area contributed by atoms with Crippen molar-refractivity contribution < 1.29 is 22.7 Å². The minimum atomic E-state index is -3.59. The number of hydrogen-bond acceptors (Lipinski definition) is 7. The first-order valence-electron chi connectivity index (χ1n) is 10.9. The van der Waals surface area contributed by atoms with E-state index in [4.69, 9.17) is 9.47 Å². The molecule has 0 radical (unpaired) electrons.